The maximum atomic E-state index is 12.3. The molecule has 2 amide bonds. The second kappa shape index (κ2) is 8.52. The van der Waals surface area contributed by atoms with Gasteiger partial charge in [0.05, 0.1) is 6.54 Å². The van der Waals surface area contributed by atoms with Gasteiger partial charge in [0.1, 0.15) is 0 Å². The highest BCUT2D eigenvalue weighted by Crippen LogP contribution is 2.22. The average Bonchev–Trinajstić information content (AvgIpc) is 2.56. The standard InChI is InChI=1S/C21H27N3O2/c1-13(2)21(26)23-18-8-6-7-17(11-18)22-12-19(25)24-20-15(4)9-14(3)10-16(20)5/h6-11,13,22H,12H2,1-5H3,(H,23,26)(H,24,25). The molecule has 0 saturated heterocycles. The zero-order valence-corrected chi connectivity index (χ0v) is 16.1. The van der Waals surface area contributed by atoms with Gasteiger partial charge in [0.25, 0.3) is 0 Å². The van der Waals surface area contributed by atoms with Gasteiger partial charge in [-0.3, -0.25) is 9.59 Å². The molecule has 0 unspecified atom stereocenters. The van der Waals surface area contributed by atoms with Gasteiger partial charge in [0.15, 0.2) is 0 Å². The summed E-state index contributed by atoms with van der Waals surface area (Å²) in [4.78, 5) is 24.1. The number of aryl methyl sites for hydroxylation is 3. The lowest BCUT2D eigenvalue weighted by Crippen LogP contribution is -2.23. The molecule has 0 aliphatic heterocycles. The van der Waals surface area contributed by atoms with Crippen LogP contribution in [0.4, 0.5) is 17.1 Å². The quantitative estimate of drug-likeness (QED) is 0.727. The van der Waals surface area contributed by atoms with Crippen molar-refractivity contribution in [2.45, 2.75) is 34.6 Å². The minimum Gasteiger partial charge on any atom is -0.376 e. The second-order valence-corrected chi connectivity index (χ2v) is 6.90. The summed E-state index contributed by atoms with van der Waals surface area (Å²) >= 11 is 0. The van der Waals surface area contributed by atoms with Crippen LogP contribution >= 0.6 is 0 Å². The molecule has 0 saturated carbocycles. The molecule has 3 N–H and O–H groups in total. The Morgan fingerprint density at radius 3 is 2.15 bits per heavy atom. The topological polar surface area (TPSA) is 70.2 Å². The molecule has 0 fully saturated rings. The van der Waals surface area contributed by atoms with Crippen molar-refractivity contribution < 1.29 is 9.59 Å². The zero-order chi connectivity index (χ0) is 19.3. The molecule has 0 aromatic heterocycles. The van der Waals surface area contributed by atoms with E-state index in [9.17, 15) is 9.59 Å². The van der Waals surface area contributed by atoms with Crippen LogP contribution in [0, 0.1) is 26.7 Å². The van der Waals surface area contributed by atoms with E-state index in [1.165, 1.54) is 5.56 Å². The summed E-state index contributed by atoms with van der Waals surface area (Å²) in [6.07, 6.45) is 0. The monoisotopic (exact) mass is 353 g/mol. The first kappa shape index (κ1) is 19.5. The van der Waals surface area contributed by atoms with E-state index in [2.05, 4.69) is 28.1 Å². The summed E-state index contributed by atoms with van der Waals surface area (Å²) < 4.78 is 0. The Morgan fingerprint density at radius 1 is 0.923 bits per heavy atom. The van der Waals surface area contributed by atoms with Crippen molar-refractivity contribution in [3.8, 4) is 0 Å². The van der Waals surface area contributed by atoms with E-state index >= 15 is 0 Å². The van der Waals surface area contributed by atoms with Crippen LogP contribution in [-0.4, -0.2) is 18.4 Å². The molecule has 138 valence electrons. The smallest absolute Gasteiger partial charge is 0.243 e. The minimum absolute atomic E-state index is 0.0368. The van der Waals surface area contributed by atoms with Crippen molar-refractivity contribution in [1.29, 1.82) is 0 Å². The summed E-state index contributed by atoms with van der Waals surface area (Å²) in [6, 6.07) is 11.4. The summed E-state index contributed by atoms with van der Waals surface area (Å²) in [5, 5.41) is 8.91. The van der Waals surface area contributed by atoms with E-state index < -0.39 is 0 Å². The van der Waals surface area contributed by atoms with Gasteiger partial charge < -0.3 is 16.0 Å². The van der Waals surface area contributed by atoms with Crippen molar-refractivity contribution in [2.75, 3.05) is 22.5 Å². The molecular formula is C21H27N3O2. The molecule has 0 spiro atoms. The minimum atomic E-state index is -0.114. The maximum Gasteiger partial charge on any atom is 0.243 e. The van der Waals surface area contributed by atoms with Crippen molar-refractivity contribution in [3.63, 3.8) is 0 Å². The fourth-order valence-electron chi connectivity index (χ4n) is 2.74. The SMILES string of the molecule is Cc1cc(C)c(NC(=O)CNc2cccc(NC(=O)C(C)C)c2)c(C)c1. The van der Waals surface area contributed by atoms with Gasteiger partial charge in [-0.25, -0.2) is 0 Å². The molecular weight excluding hydrogens is 326 g/mol. The van der Waals surface area contributed by atoms with Crippen molar-refractivity contribution in [3.05, 3.63) is 53.1 Å². The van der Waals surface area contributed by atoms with Gasteiger partial charge in [-0.2, -0.15) is 0 Å². The molecule has 0 atom stereocenters. The van der Waals surface area contributed by atoms with E-state index in [-0.39, 0.29) is 24.3 Å². The van der Waals surface area contributed by atoms with Crippen LogP contribution < -0.4 is 16.0 Å². The molecule has 0 radical (unpaired) electrons. The highest BCUT2D eigenvalue weighted by atomic mass is 16.2. The first-order chi connectivity index (χ1) is 12.3. The third kappa shape index (κ3) is 5.34. The number of rotatable bonds is 6. The lowest BCUT2D eigenvalue weighted by Gasteiger charge is -2.14. The number of anilines is 3. The van der Waals surface area contributed by atoms with Crippen LogP contribution in [0.2, 0.25) is 0 Å². The summed E-state index contributed by atoms with van der Waals surface area (Å²) in [7, 11) is 0. The lowest BCUT2D eigenvalue weighted by molar-refractivity contribution is -0.119. The first-order valence-electron chi connectivity index (χ1n) is 8.78. The predicted octanol–water partition coefficient (Wildman–Crippen LogP) is 4.26. The Labute approximate surface area is 155 Å². The van der Waals surface area contributed by atoms with Gasteiger partial charge in [-0.05, 0) is 50.1 Å². The zero-order valence-electron chi connectivity index (χ0n) is 16.1. The number of carbonyl (C=O) groups excluding carboxylic acids is 2. The summed E-state index contributed by atoms with van der Waals surface area (Å²) in [5.74, 6) is -0.236. The number of benzene rings is 2. The number of hydrogen-bond donors (Lipinski definition) is 3. The van der Waals surface area contributed by atoms with E-state index in [0.29, 0.717) is 5.69 Å². The largest absolute Gasteiger partial charge is 0.376 e. The normalized spacial score (nSPS) is 10.5. The van der Waals surface area contributed by atoms with Crippen LogP contribution in [0.15, 0.2) is 36.4 Å². The molecule has 0 aliphatic carbocycles. The lowest BCUT2D eigenvalue weighted by atomic mass is 10.1. The molecule has 2 aromatic carbocycles. The highest BCUT2D eigenvalue weighted by molar-refractivity contribution is 5.95. The van der Waals surface area contributed by atoms with E-state index in [4.69, 9.17) is 0 Å². The molecule has 5 nitrogen and oxygen atoms in total. The van der Waals surface area contributed by atoms with Crippen LogP contribution in [0.5, 0.6) is 0 Å². The molecule has 2 rings (SSSR count). The number of carbonyl (C=O) groups is 2. The Morgan fingerprint density at radius 2 is 1.54 bits per heavy atom. The molecule has 0 bridgehead atoms. The summed E-state index contributed by atoms with van der Waals surface area (Å²) in [5.41, 5.74) is 5.62. The summed E-state index contributed by atoms with van der Waals surface area (Å²) in [6.45, 7) is 9.86. The highest BCUT2D eigenvalue weighted by Gasteiger charge is 2.09. The van der Waals surface area contributed by atoms with Gasteiger partial charge in [0.2, 0.25) is 11.8 Å². The van der Waals surface area contributed by atoms with Crippen LogP contribution in [0.1, 0.15) is 30.5 Å². The molecule has 2 aromatic rings. The van der Waals surface area contributed by atoms with Crippen molar-refractivity contribution in [2.24, 2.45) is 5.92 Å². The third-order valence-electron chi connectivity index (χ3n) is 4.05. The van der Waals surface area contributed by atoms with E-state index in [1.807, 2.05) is 58.9 Å². The predicted molar refractivity (Wildman–Crippen MR) is 108 cm³/mol. The van der Waals surface area contributed by atoms with E-state index in [1.54, 1.807) is 0 Å². The van der Waals surface area contributed by atoms with Gasteiger partial charge in [0, 0.05) is 23.0 Å². The molecule has 26 heavy (non-hydrogen) atoms. The molecule has 0 aliphatic rings. The Hall–Kier alpha value is -2.82. The Balaban J connectivity index is 1.97. The number of nitrogens with one attached hydrogen (secondary N) is 3. The van der Waals surface area contributed by atoms with Gasteiger partial charge in [-0.1, -0.05) is 37.6 Å². The van der Waals surface area contributed by atoms with Crippen LogP contribution in [-0.2, 0) is 9.59 Å². The van der Waals surface area contributed by atoms with E-state index in [0.717, 1.165) is 22.5 Å². The van der Waals surface area contributed by atoms with Crippen LogP contribution in [0.3, 0.4) is 0 Å². The van der Waals surface area contributed by atoms with Crippen molar-refractivity contribution >= 4 is 28.9 Å². The van der Waals surface area contributed by atoms with Crippen LogP contribution in [0.25, 0.3) is 0 Å². The third-order valence-corrected chi connectivity index (χ3v) is 4.05. The average molecular weight is 353 g/mol. The maximum absolute atomic E-state index is 12.3. The first-order valence-corrected chi connectivity index (χ1v) is 8.78. The number of amides is 2. The fraction of sp³-hybridized carbons (Fsp3) is 0.333. The Bertz CT molecular complexity index is 790. The van der Waals surface area contributed by atoms with Gasteiger partial charge >= 0.3 is 0 Å². The van der Waals surface area contributed by atoms with Gasteiger partial charge in [-0.15, -0.1) is 0 Å². The molecule has 5 heteroatoms. The molecule has 0 heterocycles. The van der Waals surface area contributed by atoms with Crippen molar-refractivity contribution in [1.82, 2.24) is 0 Å². The second-order valence-electron chi connectivity index (χ2n) is 6.90. The number of hydrogen-bond acceptors (Lipinski definition) is 3. The fourth-order valence-corrected chi connectivity index (χ4v) is 2.74. The Kier molecular flexibility index (Phi) is 6.39.